The predicted octanol–water partition coefficient (Wildman–Crippen LogP) is 11.7. The zero-order valence-electron chi connectivity index (χ0n) is 24.1. The Morgan fingerprint density at radius 3 is 1.86 bits per heavy atom. The van der Waals surface area contributed by atoms with Gasteiger partial charge in [0.05, 0.1) is 16.7 Å². The minimum Gasteiger partial charge on any atom is -0.310 e. The van der Waals surface area contributed by atoms with Crippen LogP contribution in [0.15, 0.2) is 170 Å². The van der Waals surface area contributed by atoms with E-state index >= 15 is 0 Å². The van der Waals surface area contributed by atoms with Crippen molar-refractivity contribution in [2.75, 3.05) is 4.90 Å². The highest BCUT2D eigenvalue weighted by molar-refractivity contribution is 6.25. The molecule has 0 radical (unpaired) electrons. The Labute approximate surface area is 256 Å². The third kappa shape index (κ3) is 3.82. The molecule has 0 bridgehead atoms. The van der Waals surface area contributed by atoms with Gasteiger partial charge in [-0.25, -0.2) is 0 Å². The van der Waals surface area contributed by atoms with Crippen molar-refractivity contribution in [1.82, 2.24) is 4.57 Å². The van der Waals surface area contributed by atoms with Gasteiger partial charge in [0.15, 0.2) is 0 Å². The maximum atomic E-state index is 2.42. The van der Waals surface area contributed by atoms with E-state index in [2.05, 4.69) is 179 Å². The molecule has 0 fully saturated rings. The minimum absolute atomic E-state index is 1.13. The van der Waals surface area contributed by atoms with Crippen LogP contribution in [0.25, 0.3) is 60.2 Å². The van der Waals surface area contributed by atoms with Crippen molar-refractivity contribution in [3.63, 3.8) is 0 Å². The zero-order chi connectivity index (χ0) is 29.0. The smallest absolute Gasteiger partial charge is 0.0553 e. The normalized spacial score (nSPS) is 11.6. The highest BCUT2D eigenvalue weighted by Crippen LogP contribution is 2.42. The Morgan fingerprint density at radius 2 is 1.02 bits per heavy atom. The summed E-state index contributed by atoms with van der Waals surface area (Å²) in [6.45, 7) is 0. The molecule has 0 spiro atoms. The van der Waals surface area contributed by atoms with Crippen molar-refractivity contribution in [2.24, 2.45) is 0 Å². The van der Waals surface area contributed by atoms with E-state index in [1.54, 1.807) is 0 Å². The van der Waals surface area contributed by atoms with Gasteiger partial charge < -0.3 is 9.47 Å². The number of anilines is 3. The molecule has 0 aliphatic rings. The number of fused-ring (bicyclic) bond motifs is 1. The molecule has 0 saturated carbocycles. The highest BCUT2D eigenvalue weighted by Gasteiger charge is 2.19. The second-order valence-electron chi connectivity index (χ2n) is 11.4. The topological polar surface area (TPSA) is 8.17 Å². The Hall–Kier alpha value is -5.86. The number of aromatic nitrogens is 1. The Morgan fingerprint density at radius 1 is 0.386 bits per heavy atom. The standard InChI is InChI=1S/C42H28N2/c1-3-14-34(15-4-1)43(38-19-9-12-30-11-7-8-18-37(30)38)36-25-23-29(24-26-36)33-27-32-22-21-31-13-10-20-39-41(31)42(32)40(28-33)44(39)35-16-5-2-6-17-35/h1-28H. The van der Waals surface area contributed by atoms with Crippen molar-refractivity contribution in [1.29, 1.82) is 0 Å². The van der Waals surface area contributed by atoms with Gasteiger partial charge in [-0.05, 0) is 87.9 Å². The van der Waals surface area contributed by atoms with Crippen LogP contribution in [0, 0.1) is 0 Å². The van der Waals surface area contributed by atoms with E-state index in [4.69, 9.17) is 0 Å². The Bertz CT molecular complexity index is 2410. The summed E-state index contributed by atoms with van der Waals surface area (Å²) in [5.41, 5.74) is 9.50. The van der Waals surface area contributed by atoms with E-state index in [1.807, 2.05) is 0 Å². The highest BCUT2D eigenvalue weighted by atomic mass is 15.1. The number of hydrogen-bond donors (Lipinski definition) is 0. The monoisotopic (exact) mass is 560 g/mol. The quantitative estimate of drug-likeness (QED) is 0.190. The summed E-state index contributed by atoms with van der Waals surface area (Å²) in [4.78, 5) is 2.36. The summed E-state index contributed by atoms with van der Waals surface area (Å²) in [6, 6.07) is 61.4. The third-order valence-corrected chi connectivity index (χ3v) is 8.89. The molecule has 9 aromatic rings. The van der Waals surface area contributed by atoms with Gasteiger partial charge in [-0.2, -0.15) is 0 Å². The van der Waals surface area contributed by atoms with Crippen molar-refractivity contribution in [3.05, 3.63) is 170 Å². The van der Waals surface area contributed by atoms with Crippen LogP contribution in [0.5, 0.6) is 0 Å². The lowest BCUT2D eigenvalue weighted by Crippen LogP contribution is -2.10. The van der Waals surface area contributed by atoms with Crippen LogP contribution >= 0.6 is 0 Å². The van der Waals surface area contributed by atoms with Gasteiger partial charge in [-0.3, -0.25) is 0 Å². The molecular weight excluding hydrogens is 532 g/mol. The van der Waals surface area contributed by atoms with Crippen molar-refractivity contribution >= 4 is 60.4 Å². The van der Waals surface area contributed by atoms with Crippen LogP contribution in [-0.4, -0.2) is 4.57 Å². The zero-order valence-corrected chi connectivity index (χ0v) is 24.1. The lowest BCUT2D eigenvalue weighted by molar-refractivity contribution is 1.18. The maximum absolute atomic E-state index is 2.42. The Kier molecular flexibility index (Phi) is 5.54. The van der Waals surface area contributed by atoms with E-state index in [1.165, 1.54) is 65.9 Å². The Balaban J connectivity index is 1.22. The first kappa shape index (κ1) is 24.7. The molecule has 206 valence electrons. The number of benzene rings is 8. The first-order chi connectivity index (χ1) is 21.8. The summed E-state index contributed by atoms with van der Waals surface area (Å²) in [5, 5.41) is 7.66. The van der Waals surface area contributed by atoms with Crippen LogP contribution in [0.3, 0.4) is 0 Å². The number of hydrogen-bond acceptors (Lipinski definition) is 1. The molecule has 44 heavy (non-hydrogen) atoms. The molecule has 2 heteroatoms. The van der Waals surface area contributed by atoms with Crippen LogP contribution < -0.4 is 4.90 Å². The lowest BCUT2D eigenvalue weighted by Gasteiger charge is -2.27. The van der Waals surface area contributed by atoms with Gasteiger partial charge in [0.1, 0.15) is 0 Å². The molecular formula is C42H28N2. The van der Waals surface area contributed by atoms with E-state index in [9.17, 15) is 0 Å². The number of nitrogens with zero attached hydrogens (tertiary/aromatic N) is 2. The van der Waals surface area contributed by atoms with E-state index < -0.39 is 0 Å². The van der Waals surface area contributed by atoms with Gasteiger partial charge in [0.2, 0.25) is 0 Å². The largest absolute Gasteiger partial charge is 0.310 e. The summed E-state index contributed by atoms with van der Waals surface area (Å²) >= 11 is 0. The molecule has 2 nitrogen and oxygen atoms in total. The fourth-order valence-corrected chi connectivity index (χ4v) is 6.93. The molecule has 0 amide bonds. The average molecular weight is 561 g/mol. The lowest BCUT2D eigenvalue weighted by atomic mass is 9.97. The fraction of sp³-hybridized carbons (Fsp3) is 0. The van der Waals surface area contributed by atoms with Crippen LogP contribution in [-0.2, 0) is 0 Å². The van der Waals surface area contributed by atoms with Crippen molar-refractivity contribution in [2.45, 2.75) is 0 Å². The molecule has 0 unspecified atom stereocenters. The SMILES string of the molecule is c1ccc(N(c2ccc(-c3cc4ccc5cccc6c5c4c(c3)n6-c3ccccc3)cc2)c2cccc3ccccc23)cc1. The molecule has 0 aliphatic heterocycles. The molecule has 8 aromatic carbocycles. The first-order valence-electron chi connectivity index (χ1n) is 15.1. The van der Waals surface area contributed by atoms with Crippen LogP contribution in [0.2, 0.25) is 0 Å². The summed E-state index contributed by atoms with van der Waals surface area (Å²) in [6.07, 6.45) is 0. The summed E-state index contributed by atoms with van der Waals surface area (Å²) in [7, 11) is 0. The molecule has 1 aromatic heterocycles. The van der Waals surface area contributed by atoms with E-state index in [-0.39, 0.29) is 0 Å². The summed E-state index contributed by atoms with van der Waals surface area (Å²) < 4.78 is 2.42. The van der Waals surface area contributed by atoms with Crippen LogP contribution in [0.4, 0.5) is 17.1 Å². The summed E-state index contributed by atoms with van der Waals surface area (Å²) in [5.74, 6) is 0. The van der Waals surface area contributed by atoms with Gasteiger partial charge in [-0.1, -0.05) is 109 Å². The molecule has 0 atom stereocenters. The second kappa shape index (κ2) is 9.86. The minimum atomic E-state index is 1.13. The van der Waals surface area contributed by atoms with Gasteiger partial charge >= 0.3 is 0 Å². The molecule has 0 saturated heterocycles. The van der Waals surface area contributed by atoms with Crippen molar-refractivity contribution in [3.8, 4) is 16.8 Å². The molecule has 1 heterocycles. The van der Waals surface area contributed by atoms with Gasteiger partial charge in [-0.15, -0.1) is 0 Å². The molecule has 9 rings (SSSR count). The van der Waals surface area contributed by atoms with Gasteiger partial charge in [0.25, 0.3) is 0 Å². The molecule has 0 aliphatic carbocycles. The van der Waals surface area contributed by atoms with E-state index in [0.29, 0.717) is 0 Å². The molecule has 0 N–H and O–H groups in total. The fourth-order valence-electron chi connectivity index (χ4n) is 6.93. The predicted molar refractivity (Wildman–Crippen MR) is 187 cm³/mol. The second-order valence-corrected chi connectivity index (χ2v) is 11.4. The number of rotatable bonds is 5. The average Bonchev–Trinajstić information content (AvgIpc) is 3.44. The maximum Gasteiger partial charge on any atom is 0.0553 e. The third-order valence-electron chi connectivity index (χ3n) is 8.89. The van der Waals surface area contributed by atoms with Crippen LogP contribution in [0.1, 0.15) is 0 Å². The van der Waals surface area contributed by atoms with Gasteiger partial charge in [0, 0.05) is 33.2 Å². The van der Waals surface area contributed by atoms with E-state index in [0.717, 1.165) is 11.4 Å². The first-order valence-corrected chi connectivity index (χ1v) is 15.1. The van der Waals surface area contributed by atoms with Crippen molar-refractivity contribution < 1.29 is 0 Å². The number of para-hydroxylation sites is 2.